The van der Waals surface area contributed by atoms with Gasteiger partial charge in [-0.3, -0.25) is 9.59 Å². The summed E-state index contributed by atoms with van der Waals surface area (Å²) < 4.78 is 0. The summed E-state index contributed by atoms with van der Waals surface area (Å²) in [6.07, 6.45) is 7.70. The first kappa shape index (κ1) is 16.9. The highest BCUT2D eigenvalue weighted by Crippen LogP contribution is 2.19. The third-order valence-electron chi connectivity index (χ3n) is 4.02. The molecule has 22 heavy (non-hydrogen) atoms. The van der Waals surface area contributed by atoms with Gasteiger partial charge in [-0.15, -0.1) is 11.3 Å². The number of aromatic nitrogens is 1. The molecule has 2 rings (SSSR count). The average molecular weight is 323 g/mol. The molecule has 0 radical (unpaired) electrons. The summed E-state index contributed by atoms with van der Waals surface area (Å²) in [6, 6.07) is -0.0409. The van der Waals surface area contributed by atoms with Crippen LogP contribution in [0.1, 0.15) is 62.9 Å². The molecule has 1 aromatic rings. The number of thiazole rings is 1. The molecule has 1 aliphatic heterocycles. The molecule has 122 valence electrons. The van der Waals surface area contributed by atoms with Gasteiger partial charge in [0.1, 0.15) is 5.01 Å². The van der Waals surface area contributed by atoms with E-state index in [0.29, 0.717) is 6.42 Å². The molecule has 1 aromatic heterocycles. The Morgan fingerprint density at radius 1 is 1.27 bits per heavy atom. The Kier molecular flexibility index (Phi) is 6.83. The second kappa shape index (κ2) is 8.88. The third-order valence-corrected chi connectivity index (χ3v) is 4.91. The molecule has 1 aliphatic rings. The van der Waals surface area contributed by atoms with Crippen LogP contribution >= 0.6 is 11.3 Å². The zero-order valence-corrected chi connectivity index (χ0v) is 14.0. The molecule has 5 nitrogen and oxygen atoms in total. The fourth-order valence-electron chi connectivity index (χ4n) is 2.71. The van der Waals surface area contributed by atoms with Crippen molar-refractivity contribution >= 4 is 23.2 Å². The molecule has 0 aliphatic carbocycles. The monoisotopic (exact) mass is 323 g/mol. The van der Waals surface area contributed by atoms with Crippen LogP contribution in [0.4, 0.5) is 0 Å². The number of likely N-dealkylation sites (tertiary alicyclic amines) is 1. The Morgan fingerprint density at radius 2 is 2.00 bits per heavy atom. The fourth-order valence-corrected chi connectivity index (χ4v) is 3.48. The fraction of sp³-hybridized carbons (Fsp3) is 0.688. The van der Waals surface area contributed by atoms with Gasteiger partial charge in [-0.05, 0) is 19.3 Å². The molecule has 1 saturated heterocycles. The quantitative estimate of drug-likeness (QED) is 0.875. The Hall–Kier alpha value is -1.43. The van der Waals surface area contributed by atoms with Crippen LogP contribution in [0.2, 0.25) is 0 Å². The number of nitrogens with zero attached hydrogens (tertiary/aromatic N) is 2. The van der Waals surface area contributed by atoms with Gasteiger partial charge in [-0.25, -0.2) is 4.98 Å². The molecule has 2 amide bonds. The lowest BCUT2D eigenvalue weighted by molar-refractivity contribution is -0.133. The first-order valence-electron chi connectivity index (χ1n) is 8.17. The molecule has 0 unspecified atom stereocenters. The predicted octanol–water partition coefficient (Wildman–Crippen LogP) is 2.89. The van der Waals surface area contributed by atoms with Crippen molar-refractivity contribution in [1.82, 2.24) is 15.2 Å². The third kappa shape index (κ3) is 5.09. The maximum Gasteiger partial charge on any atom is 0.223 e. The number of nitrogens with one attached hydrogen (secondary N) is 1. The van der Waals surface area contributed by atoms with Crippen molar-refractivity contribution in [3.8, 4) is 0 Å². The second-order valence-corrected chi connectivity index (χ2v) is 6.62. The zero-order chi connectivity index (χ0) is 15.8. The lowest BCUT2D eigenvalue weighted by Crippen LogP contribution is -2.34. The maximum atomic E-state index is 12.2. The van der Waals surface area contributed by atoms with Crippen LogP contribution < -0.4 is 5.32 Å². The Labute approximate surface area is 136 Å². The van der Waals surface area contributed by atoms with Gasteiger partial charge in [0.05, 0.1) is 6.04 Å². The van der Waals surface area contributed by atoms with Crippen molar-refractivity contribution in [1.29, 1.82) is 0 Å². The van der Waals surface area contributed by atoms with Crippen LogP contribution in [-0.2, 0) is 9.59 Å². The second-order valence-electron chi connectivity index (χ2n) is 5.69. The van der Waals surface area contributed by atoms with Crippen molar-refractivity contribution in [3.05, 3.63) is 16.6 Å². The topological polar surface area (TPSA) is 62.3 Å². The first-order valence-corrected chi connectivity index (χ1v) is 9.05. The van der Waals surface area contributed by atoms with Crippen LogP contribution in [-0.4, -0.2) is 34.8 Å². The molecule has 1 N–H and O–H groups in total. The molecule has 0 bridgehead atoms. The summed E-state index contributed by atoms with van der Waals surface area (Å²) in [5, 5.41) is 5.81. The lowest BCUT2D eigenvalue weighted by atomic mass is 10.2. The number of rotatable bonds is 6. The van der Waals surface area contributed by atoms with Gasteiger partial charge >= 0.3 is 0 Å². The van der Waals surface area contributed by atoms with Gasteiger partial charge < -0.3 is 10.2 Å². The molecule has 0 aromatic carbocycles. The Balaban J connectivity index is 1.75. The maximum absolute atomic E-state index is 12.2. The largest absolute Gasteiger partial charge is 0.347 e. The van der Waals surface area contributed by atoms with Crippen LogP contribution in [0.3, 0.4) is 0 Å². The number of hydrogen-bond acceptors (Lipinski definition) is 4. The minimum absolute atomic E-state index is 0.0409. The normalized spacial score (nSPS) is 16.9. The molecule has 0 saturated carbocycles. The Bertz CT molecular complexity index is 468. The summed E-state index contributed by atoms with van der Waals surface area (Å²) >= 11 is 1.55. The minimum Gasteiger partial charge on any atom is -0.347 e. The minimum atomic E-state index is -0.0646. The van der Waals surface area contributed by atoms with E-state index < -0.39 is 0 Å². The van der Waals surface area contributed by atoms with Crippen molar-refractivity contribution < 1.29 is 9.59 Å². The predicted molar refractivity (Wildman–Crippen MR) is 87.6 cm³/mol. The molecular weight excluding hydrogens is 298 g/mol. The van der Waals surface area contributed by atoms with Crippen molar-refractivity contribution in [3.63, 3.8) is 0 Å². The molecule has 2 heterocycles. The van der Waals surface area contributed by atoms with E-state index in [1.165, 1.54) is 12.8 Å². The highest BCUT2D eigenvalue weighted by Gasteiger charge is 2.18. The summed E-state index contributed by atoms with van der Waals surface area (Å²) in [7, 11) is 0. The molecule has 6 heteroatoms. The summed E-state index contributed by atoms with van der Waals surface area (Å²) in [5.74, 6) is 0.0459. The van der Waals surface area contributed by atoms with E-state index in [1.807, 2.05) is 17.2 Å². The van der Waals surface area contributed by atoms with E-state index in [4.69, 9.17) is 0 Å². The van der Waals surface area contributed by atoms with E-state index in [-0.39, 0.29) is 24.3 Å². The highest BCUT2D eigenvalue weighted by molar-refractivity contribution is 7.09. The van der Waals surface area contributed by atoms with Gasteiger partial charge in [0.2, 0.25) is 11.8 Å². The van der Waals surface area contributed by atoms with E-state index in [1.54, 1.807) is 17.5 Å². The summed E-state index contributed by atoms with van der Waals surface area (Å²) in [5.41, 5.74) is 0. The summed E-state index contributed by atoms with van der Waals surface area (Å²) in [6.45, 7) is 3.71. The van der Waals surface area contributed by atoms with Crippen molar-refractivity contribution in [2.75, 3.05) is 13.1 Å². The lowest BCUT2D eigenvalue weighted by Gasteiger charge is -2.20. The molecule has 1 fully saturated rings. The van der Waals surface area contributed by atoms with Gasteiger partial charge in [0, 0.05) is 37.5 Å². The van der Waals surface area contributed by atoms with Gasteiger partial charge in [-0.1, -0.05) is 19.8 Å². The molecule has 1 atom stereocenters. The molecule has 0 spiro atoms. The number of carbonyl (C=O) groups is 2. The average Bonchev–Trinajstić information content (AvgIpc) is 2.92. The number of hydrogen-bond donors (Lipinski definition) is 1. The number of carbonyl (C=O) groups excluding carboxylic acids is 2. The van der Waals surface area contributed by atoms with Crippen LogP contribution in [0, 0.1) is 0 Å². The van der Waals surface area contributed by atoms with Gasteiger partial charge in [-0.2, -0.15) is 0 Å². The van der Waals surface area contributed by atoms with E-state index in [2.05, 4.69) is 10.3 Å². The Morgan fingerprint density at radius 3 is 2.59 bits per heavy atom. The first-order chi connectivity index (χ1) is 10.7. The van der Waals surface area contributed by atoms with Crippen molar-refractivity contribution in [2.45, 2.75) is 57.9 Å². The van der Waals surface area contributed by atoms with Gasteiger partial charge in [0.15, 0.2) is 0 Å². The van der Waals surface area contributed by atoms with Gasteiger partial charge in [0.25, 0.3) is 0 Å². The van der Waals surface area contributed by atoms with E-state index in [0.717, 1.165) is 37.4 Å². The summed E-state index contributed by atoms with van der Waals surface area (Å²) in [4.78, 5) is 30.4. The SMILES string of the molecule is CC[C@@H](NC(=O)CCC(=O)N1CCCCCC1)c1nccs1. The van der Waals surface area contributed by atoms with E-state index >= 15 is 0 Å². The standard InChI is InChI=1S/C16H25N3O2S/c1-2-13(16-17-9-12-22-16)18-14(20)7-8-15(21)19-10-5-3-4-6-11-19/h9,12-13H,2-8,10-11H2,1H3,(H,18,20)/t13-/m1/s1. The highest BCUT2D eigenvalue weighted by atomic mass is 32.1. The van der Waals surface area contributed by atoms with E-state index in [9.17, 15) is 9.59 Å². The van der Waals surface area contributed by atoms with Crippen LogP contribution in [0.5, 0.6) is 0 Å². The zero-order valence-electron chi connectivity index (χ0n) is 13.2. The number of amides is 2. The van der Waals surface area contributed by atoms with Crippen molar-refractivity contribution in [2.24, 2.45) is 0 Å². The molecular formula is C16H25N3O2S. The van der Waals surface area contributed by atoms with Crippen LogP contribution in [0.25, 0.3) is 0 Å². The smallest absolute Gasteiger partial charge is 0.223 e. The van der Waals surface area contributed by atoms with Crippen LogP contribution in [0.15, 0.2) is 11.6 Å².